The molecule has 1 N–H and O–H groups in total. The van der Waals surface area contributed by atoms with E-state index in [4.69, 9.17) is 4.52 Å². The molecular formula is C26H28FN3O4S. The highest BCUT2D eigenvalue weighted by atomic mass is 32.2. The number of benzene rings is 2. The molecule has 184 valence electrons. The molecule has 0 bridgehead atoms. The Hall–Kier alpha value is -3.30. The van der Waals surface area contributed by atoms with E-state index in [1.807, 2.05) is 38.1 Å². The molecule has 1 aliphatic rings. The van der Waals surface area contributed by atoms with Crippen molar-refractivity contribution in [1.29, 1.82) is 0 Å². The Labute approximate surface area is 204 Å². The topological polar surface area (TPSA) is 92.5 Å². The zero-order chi connectivity index (χ0) is 25.2. The molecule has 1 unspecified atom stereocenters. The molecule has 0 aliphatic carbocycles. The molecule has 7 nitrogen and oxygen atoms in total. The SMILES string of the molecule is Cc1ccc(C)c(/C=C/c2onc(C)c2S(=O)(=O)N2CCCC(C(=O)Nc3ccccc3F)C2)c1. The number of nitrogens with one attached hydrogen (secondary N) is 1. The number of halogens is 1. The van der Waals surface area contributed by atoms with Crippen molar-refractivity contribution in [3.63, 3.8) is 0 Å². The fourth-order valence-corrected chi connectivity index (χ4v) is 5.98. The Morgan fingerprint density at radius 3 is 2.71 bits per heavy atom. The largest absolute Gasteiger partial charge is 0.355 e. The highest BCUT2D eigenvalue weighted by molar-refractivity contribution is 7.89. The number of rotatable bonds is 6. The Balaban J connectivity index is 1.56. The first-order valence-corrected chi connectivity index (χ1v) is 12.9. The van der Waals surface area contributed by atoms with Gasteiger partial charge in [-0.2, -0.15) is 4.31 Å². The van der Waals surface area contributed by atoms with Gasteiger partial charge in [-0.1, -0.05) is 47.1 Å². The second kappa shape index (κ2) is 10.1. The lowest BCUT2D eigenvalue weighted by molar-refractivity contribution is -0.120. The van der Waals surface area contributed by atoms with Gasteiger partial charge in [-0.25, -0.2) is 12.8 Å². The van der Waals surface area contributed by atoms with Gasteiger partial charge in [0.15, 0.2) is 10.7 Å². The lowest BCUT2D eigenvalue weighted by Crippen LogP contribution is -2.44. The summed E-state index contributed by atoms with van der Waals surface area (Å²) in [7, 11) is -3.98. The zero-order valence-corrected chi connectivity index (χ0v) is 20.7. The third-order valence-electron chi connectivity index (χ3n) is 6.17. The number of amides is 1. The van der Waals surface area contributed by atoms with Crippen LogP contribution in [0.25, 0.3) is 12.2 Å². The second-order valence-electron chi connectivity index (χ2n) is 8.83. The van der Waals surface area contributed by atoms with Crippen LogP contribution in [0.2, 0.25) is 0 Å². The van der Waals surface area contributed by atoms with Gasteiger partial charge in [-0.3, -0.25) is 4.79 Å². The number of aromatic nitrogens is 1. The molecule has 1 fully saturated rings. The van der Waals surface area contributed by atoms with Crippen LogP contribution >= 0.6 is 0 Å². The van der Waals surface area contributed by atoms with E-state index in [9.17, 15) is 17.6 Å². The number of hydrogen-bond acceptors (Lipinski definition) is 5. The molecule has 1 amide bonds. The summed E-state index contributed by atoms with van der Waals surface area (Å²) in [6.07, 6.45) is 4.43. The number of piperidine rings is 1. The average Bonchev–Trinajstić information content (AvgIpc) is 3.22. The van der Waals surface area contributed by atoms with Gasteiger partial charge < -0.3 is 9.84 Å². The highest BCUT2D eigenvalue weighted by Gasteiger charge is 2.37. The van der Waals surface area contributed by atoms with Crippen molar-refractivity contribution in [3.05, 3.63) is 76.4 Å². The fraction of sp³-hybridized carbons (Fsp3) is 0.308. The van der Waals surface area contributed by atoms with Crippen LogP contribution in [0.4, 0.5) is 10.1 Å². The van der Waals surface area contributed by atoms with Gasteiger partial charge in [0.05, 0.1) is 11.6 Å². The van der Waals surface area contributed by atoms with E-state index in [-0.39, 0.29) is 35.1 Å². The molecule has 35 heavy (non-hydrogen) atoms. The van der Waals surface area contributed by atoms with Crippen LogP contribution in [0.15, 0.2) is 51.9 Å². The van der Waals surface area contributed by atoms with Gasteiger partial charge in [0.2, 0.25) is 15.9 Å². The van der Waals surface area contributed by atoms with E-state index >= 15 is 0 Å². The Morgan fingerprint density at radius 2 is 1.94 bits per heavy atom. The molecule has 2 aromatic carbocycles. The van der Waals surface area contributed by atoms with Crippen molar-refractivity contribution in [3.8, 4) is 0 Å². The number of para-hydroxylation sites is 1. The maximum atomic E-state index is 14.0. The quantitative estimate of drug-likeness (QED) is 0.520. The first kappa shape index (κ1) is 24.8. The fourth-order valence-electron chi connectivity index (χ4n) is 4.20. The minimum absolute atomic E-state index is 0.00535. The summed E-state index contributed by atoms with van der Waals surface area (Å²) in [5.74, 6) is -1.41. The van der Waals surface area contributed by atoms with Gasteiger partial charge in [-0.15, -0.1) is 0 Å². The predicted octanol–water partition coefficient (Wildman–Crippen LogP) is 4.95. The minimum Gasteiger partial charge on any atom is -0.355 e. The number of sulfonamides is 1. The second-order valence-corrected chi connectivity index (χ2v) is 10.7. The van der Waals surface area contributed by atoms with Crippen molar-refractivity contribution in [2.45, 2.75) is 38.5 Å². The molecule has 1 aliphatic heterocycles. The first-order valence-electron chi connectivity index (χ1n) is 11.4. The van der Waals surface area contributed by atoms with Gasteiger partial charge in [0.25, 0.3) is 0 Å². The minimum atomic E-state index is -3.98. The third kappa shape index (κ3) is 5.36. The molecule has 4 rings (SSSR count). The first-order chi connectivity index (χ1) is 16.7. The average molecular weight is 498 g/mol. The third-order valence-corrected chi connectivity index (χ3v) is 8.19. The van der Waals surface area contributed by atoms with Crippen LogP contribution in [-0.2, 0) is 14.8 Å². The molecule has 0 spiro atoms. The van der Waals surface area contributed by atoms with Gasteiger partial charge in [0.1, 0.15) is 11.5 Å². The lowest BCUT2D eigenvalue weighted by Gasteiger charge is -2.31. The molecule has 1 atom stereocenters. The van der Waals surface area contributed by atoms with E-state index in [1.54, 1.807) is 19.1 Å². The van der Waals surface area contributed by atoms with E-state index in [2.05, 4.69) is 10.5 Å². The van der Waals surface area contributed by atoms with Crippen LogP contribution in [0.5, 0.6) is 0 Å². The smallest absolute Gasteiger partial charge is 0.248 e. The predicted molar refractivity (Wildman–Crippen MR) is 133 cm³/mol. The maximum absolute atomic E-state index is 14.0. The van der Waals surface area contributed by atoms with Gasteiger partial charge in [-0.05, 0) is 62.9 Å². The summed E-state index contributed by atoms with van der Waals surface area (Å²) in [5.41, 5.74) is 3.41. The lowest BCUT2D eigenvalue weighted by atomic mass is 9.98. The van der Waals surface area contributed by atoms with Crippen molar-refractivity contribution in [2.75, 3.05) is 18.4 Å². The van der Waals surface area contributed by atoms with Crippen molar-refractivity contribution in [1.82, 2.24) is 9.46 Å². The standard InChI is InChI=1S/C26H28FN3O4S/c1-17-10-11-18(2)20(15-17)12-13-24-25(19(3)29-34-24)35(32,33)30-14-6-7-21(16-30)26(31)28-23-9-5-4-8-22(23)27/h4-5,8-13,15,21H,6-7,14,16H2,1-3H3,(H,28,31)/b13-12+. The normalized spacial score (nSPS) is 17.1. The number of anilines is 1. The van der Waals surface area contributed by atoms with Crippen LogP contribution in [-0.4, -0.2) is 36.9 Å². The molecular weight excluding hydrogens is 469 g/mol. The molecule has 9 heteroatoms. The Bertz CT molecular complexity index is 1380. The van der Waals surface area contributed by atoms with Gasteiger partial charge in [0, 0.05) is 13.1 Å². The number of carbonyl (C=O) groups excluding carboxylic acids is 1. The van der Waals surface area contributed by atoms with E-state index in [0.29, 0.717) is 12.8 Å². The van der Waals surface area contributed by atoms with Crippen LogP contribution in [0, 0.1) is 32.5 Å². The molecule has 3 aromatic rings. The maximum Gasteiger partial charge on any atom is 0.248 e. The summed E-state index contributed by atoms with van der Waals surface area (Å²) in [4.78, 5) is 12.8. The van der Waals surface area contributed by atoms with E-state index < -0.39 is 27.7 Å². The number of carbonyl (C=O) groups is 1. The molecule has 1 saturated heterocycles. The number of aryl methyl sites for hydroxylation is 3. The zero-order valence-electron chi connectivity index (χ0n) is 19.9. The summed E-state index contributed by atoms with van der Waals surface area (Å²) in [6, 6.07) is 11.9. The van der Waals surface area contributed by atoms with Crippen LogP contribution in [0.1, 0.15) is 41.0 Å². The van der Waals surface area contributed by atoms with Crippen molar-refractivity contribution >= 4 is 33.8 Å². The van der Waals surface area contributed by atoms with Crippen molar-refractivity contribution < 1.29 is 22.1 Å². The summed E-state index contributed by atoms with van der Waals surface area (Å²) < 4.78 is 47.8. The molecule has 2 heterocycles. The molecule has 0 radical (unpaired) electrons. The van der Waals surface area contributed by atoms with Crippen LogP contribution < -0.4 is 5.32 Å². The van der Waals surface area contributed by atoms with Crippen molar-refractivity contribution in [2.24, 2.45) is 5.92 Å². The van der Waals surface area contributed by atoms with E-state index in [1.165, 1.54) is 22.5 Å². The van der Waals surface area contributed by atoms with Gasteiger partial charge >= 0.3 is 0 Å². The monoisotopic (exact) mass is 497 g/mol. The molecule has 0 saturated carbocycles. The summed E-state index contributed by atoms with van der Waals surface area (Å²) >= 11 is 0. The highest BCUT2D eigenvalue weighted by Crippen LogP contribution is 2.30. The molecule has 1 aromatic heterocycles. The number of hydrogen-bond donors (Lipinski definition) is 1. The van der Waals surface area contributed by atoms with Crippen LogP contribution in [0.3, 0.4) is 0 Å². The number of nitrogens with zero attached hydrogens (tertiary/aromatic N) is 2. The Kier molecular flexibility index (Phi) is 7.18. The van der Waals surface area contributed by atoms with E-state index in [0.717, 1.165) is 16.7 Å². The summed E-state index contributed by atoms with van der Waals surface area (Å²) in [6.45, 7) is 5.81. The summed E-state index contributed by atoms with van der Waals surface area (Å²) in [5, 5.41) is 6.48. The Morgan fingerprint density at radius 1 is 1.17 bits per heavy atom.